The van der Waals surface area contributed by atoms with Gasteiger partial charge >= 0.3 is 13.6 Å². The van der Waals surface area contributed by atoms with Gasteiger partial charge in [0, 0.05) is 0 Å². The second-order valence-corrected chi connectivity index (χ2v) is 6.55. The van der Waals surface area contributed by atoms with Gasteiger partial charge in [-0.2, -0.15) is 0 Å². The van der Waals surface area contributed by atoms with Gasteiger partial charge in [0.2, 0.25) is 0 Å². The quantitative estimate of drug-likeness (QED) is 0.745. The Labute approximate surface area is 119 Å². The molecule has 1 rings (SSSR count). The van der Waals surface area contributed by atoms with Crippen molar-refractivity contribution in [2.45, 2.75) is 33.6 Å². The SMILES string of the molecule is CCCOP(=O)(OCCC)c1cc(C)cc(C(=O)O)c1. The molecule has 0 saturated heterocycles. The fourth-order valence-corrected chi connectivity index (χ4v) is 3.53. The van der Waals surface area contributed by atoms with Gasteiger partial charge in [0.1, 0.15) is 0 Å². The number of rotatable bonds is 8. The molecule has 0 aromatic heterocycles. The zero-order valence-corrected chi connectivity index (χ0v) is 13.0. The minimum atomic E-state index is -3.46. The molecule has 0 aliphatic rings. The van der Waals surface area contributed by atoms with Crippen LogP contribution in [0.5, 0.6) is 0 Å². The molecular formula is C14H21O5P. The van der Waals surface area contributed by atoms with Gasteiger partial charge in [0.05, 0.1) is 24.1 Å². The molecule has 5 nitrogen and oxygen atoms in total. The van der Waals surface area contributed by atoms with Gasteiger partial charge in [0.15, 0.2) is 0 Å². The smallest absolute Gasteiger partial charge is 0.361 e. The lowest BCUT2D eigenvalue weighted by molar-refractivity contribution is 0.0697. The molecule has 0 heterocycles. The van der Waals surface area contributed by atoms with E-state index >= 15 is 0 Å². The number of carboxylic acids is 1. The van der Waals surface area contributed by atoms with Crippen molar-refractivity contribution in [1.29, 1.82) is 0 Å². The predicted molar refractivity (Wildman–Crippen MR) is 77.9 cm³/mol. The summed E-state index contributed by atoms with van der Waals surface area (Å²) >= 11 is 0. The largest absolute Gasteiger partial charge is 0.478 e. The highest BCUT2D eigenvalue weighted by Gasteiger charge is 2.28. The van der Waals surface area contributed by atoms with Crippen molar-refractivity contribution >= 4 is 18.9 Å². The van der Waals surface area contributed by atoms with E-state index in [2.05, 4.69) is 0 Å². The summed E-state index contributed by atoms with van der Waals surface area (Å²) in [4.78, 5) is 11.1. The molecular weight excluding hydrogens is 279 g/mol. The minimum absolute atomic E-state index is 0.0837. The number of hydrogen-bond donors (Lipinski definition) is 1. The highest BCUT2D eigenvalue weighted by Crippen LogP contribution is 2.47. The van der Waals surface area contributed by atoms with E-state index in [0.717, 1.165) is 0 Å². The first-order valence-corrected chi connectivity index (χ1v) is 8.22. The molecule has 0 bridgehead atoms. The molecule has 1 N–H and O–H groups in total. The van der Waals surface area contributed by atoms with Crippen molar-refractivity contribution in [3.8, 4) is 0 Å². The number of hydrogen-bond acceptors (Lipinski definition) is 4. The average Bonchev–Trinajstić information content (AvgIpc) is 2.42. The normalized spacial score (nSPS) is 11.6. The summed E-state index contributed by atoms with van der Waals surface area (Å²) < 4.78 is 23.6. The van der Waals surface area contributed by atoms with E-state index in [9.17, 15) is 9.36 Å². The molecule has 20 heavy (non-hydrogen) atoms. The Balaban J connectivity index is 3.18. The Bertz CT molecular complexity index is 500. The average molecular weight is 300 g/mol. The van der Waals surface area contributed by atoms with Crippen LogP contribution in [-0.2, 0) is 13.6 Å². The van der Waals surface area contributed by atoms with Crippen molar-refractivity contribution in [3.05, 3.63) is 29.3 Å². The lowest BCUT2D eigenvalue weighted by Gasteiger charge is -2.19. The molecule has 6 heteroatoms. The van der Waals surface area contributed by atoms with E-state index in [0.29, 0.717) is 36.9 Å². The number of benzene rings is 1. The van der Waals surface area contributed by atoms with Crippen molar-refractivity contribution in [2.24, 2.45) is 0 Å². The van der Waals surface area contributed by atoms with E-state index in [1.165, 1.54) is 12.1 Å². The number of carboxylic acid groups (broad SMARTS) is 1. The van der Waals surface area contributed by atoms with Crippen molar-refractivity contribution < 1.29 is 23.5 Å². The Kier molecular flexibility index (Phi) is 6.40. The standard InChI is InChI=1S/C14H21O5P/c1-4-6-18-20(17,19-7-5-2)13-9-11(3)8-12(10-13)14(15)16/h8-10H,4-7H2,1-3H3,(H,15,16). The third-order valence-corrected chi connectivity index (χ3v) is 4.49. The Hall–Kier alpha value is -1.16. The fraction of sp³-hybridized carbons (Fsp3) is 0.500. The molecule has 0 spiro atoms. The van der Waals surface area contributed by atoms with Gasteiger partial charge in [0.25, 0.3) is 0 Å². The molecule has 0 fully saturated rings. The molecule has 0 aliphatic heterocycles. The highest BCUT2D eigenvalue weighted by molar-refractivity contribution is 7.62. The zero-order chi connectivity index (χ0) is 15.2. The fourth-order valence-electron chi connectivity index (χ4n) is 1.65. The molecule has 0 saturated carbocycles. The summed E-state index contributed by atoms with van der Waals surface area (Å²) in [5, 5.41) is 9.38. The zero-order valence-electron chi connectivity index (χ0n) is 12.1. The maximum atomic E-state index is 12.8. The summed E-state index contributed by atoms with van der Waals surface area (Å²) in [7, 11) is -3.46. The highest BCUT2D eigenvalue weighted by atomic mass is 31.2. The van der Waals surface area contributed by atoms with Crippen LogP contribution in [0.25, 0.3) is 0 Å². The monoisotopic (exact) mass is 300 g/mol. The van der Waals surface area contributed by atoms with E-state index in [4.69, 9.17) is 14.2 Å². The summed E-state index contributed by atoms with van der Waals surface area (Å²) in [5.74, 6) is -1.06. The third-order valence-electron chi connectivity index (χ3n) is 2.56. The van der Waals surface area contributed by atoms with E-state index < -0.39 is 13.6 Å². The van der Waals surface area contributed by atoms with Gasteiger partial charge in [-0.1, -0.05) is 13.8 Å². The topological polar surface area (TPSA) is 72.8 Å². The van der Waals surface area contributed by atoms with E-state index in [-0.39, 0.29) is 5.56 Å². The minimum Gasteiger partial charge on any atom is -0.478 e. The lowest BCUT2D eigenvalue weighted by Crippen LogP contribution is -2.14. The summed E-state index contributed by atoms with van der Waals surface area (Å²) in [6, 6.07) is 4.54. The van der Waals surface area contributed by atoms with Crippen LogP contribution in [-0.4, -0.2) is 24.3 Å². The second kappa shape index (κ2) is 7.58. The molecule has 0 radical (unpaired) electrons. The summed E-state index contributed by atoms with van der Waals surface area (Å²) in [6.45, 7) is 6.17. The number of carbonyl (C=O) groups is 1. The van der Waals surface area contributed by atoms with Crippen LogP contribution in [0.1, 0.15) is 42.6 Å². The van der Waals surface area contributed by atoms with Gasteiger partial charge in [-0.3, -0.25) is 4.57 Å². The third kappa shape index (κ3) is 4.44. The molecule has 112 valence electrons. The molecule has 0 unspecified atom stereocenters. The van der Waals surface area contributed by atoms with Crippen LogP contribution in [0, 0.1) is 6.92 Å². The maximum Gasteiger partial charge on any atom is 0.361 e. The van der Waals surface area contributed by atoms with E-state index in [1.54, 1.807) is 13.0 Å². The van der Waals surface area contributed by atoms with Gasteiger partial charge in [-0.15, -0.1) is 0 Å². The van der Waals surface area contributed by atoms with Crippen molar-refractivity contribution in [1.82, 2.24) is 0 Å². The van der Waals surface area contributed by atoms with Crippen molar-refractivity contribution in [2.75, 3.05) is 13.2 Å². The van der Waals surface area contributed by atoms with E-state index in [1.807, 2.05) is 13.8 Å². The van der Waals surface area contributed by atoms with Gasteiger partial charge in [-0.05, 0) is 43.5 Å². The Morgan fingerprint density at radius 1 is 1.15 bits per heavy atom. The van der Waals surface area contributed by atoms with Crippen LogP contribution >= 0.6 is 7.60 Å². The van der Waals surface area contributed by atoms with Gasteiger partial charge in [-0.25, -0.2) is 4.79 Å². The first-order chi connectivity index (χ1) is 9.42. The Morgan fingerprint density at radius 3 is 2.15 bits per heavy atom. The van der Waals surface area contributed by atoms with Crippen molar-refractivity contribution in [3.63, 3.8) is 0 Å². The van der Waals surface area contributed by atoms with Gasteiger partial charge < -0.3 is 14.2 Å². The van der Waals surface area contributed by atoms with Crippen LogP contribution < -0.4 is 5.30 Å². The molecule has 0 amide bonds. The number of aryl methyl sites for hydroxylation is 1. The lowest BCUT2D eigenvalue weighted by atomic mass is 10.1. The Morgan fingerprint density at radius 2 is 1.70 bits per heavy atom. The number of aromatic carboxylic acids is 1. The summed E-state index contributed by atoms with van der Waals surface area (Å²) in [6.07, 6.45) is 1.41. The van der Waals surface area contributed by atoms with Crippen LogP contribution in [0.15, 0.2) is 18.2 Å². The molecule has 1 aromatic carbocycles. The maximum absolute atomic E-state index is 12.8. The van der Waals surface area contributed by atoms with Crippen LogP contribution in [0.3, 0.4) is 0 Å². The second-order valence-electron chi connectivity index (χ2n) is 4.53. The molecule has 0 aliphatic carbocycles. The predicted octanol–water partition coefficient (Wildman–Crippen LogP) is 3.36. The van der Waals surface area contributed by atoms with Crippen LogP contribution in [0.4, 0.5) is 0 Å². The molecule has 0 atom stereocenters. The first-order valence-electron chi connectivity index (χ1n) is 6.67. The van der Waals surface area contributed by atoms with Crippen LogP contribution in [0.2, 0.25) is 0 Å². The molecule has 1 aromatic rings. The summed E-state index contributed by atoms with van der Waals surface area (Å²) in [5.41, 5.74) is 0.792. The first kappa shape index (κ1) is 16.9.